The number of carbonyl (C=O) groups is 1. The van der Waals surface area contributed by atoms with E-state index in [2.05, 4.69) is 15.4 Å². The summed E-state index contributed by atoms with van der Waals surface area (Å²) in [5.41, 5.74) is 5.46. The van der Waals surface area contributed by atoms with E-state index in [-0.39, 0.29) is 16.3 Å². The minimum absolute atomic E-state index is 0.129. The van der Waals surface area contributed by atoms with Crippen LogP contribution in [0.3, 0.4) is 0 Å². The maximum Gasteiger partial charge on any atom is 0.275 e. The molecule has 1 aromatic carbocycles. The van der Waals surface area contributed by atoms with Crippen LogP contribution < -0.4 is 11.1 Å². The van der Waals surface area contributed by atoms with Gasteiger partial charge in [0.05, 0.1) is 24.0 Å². The van der Waals surface area contributed by atoms with Crippen LogP contribution in [0.1, 0.15) is 36.1 Å². The van der Waals surface area contributed by atoms with Crippen LogP contribution in [0, 0.1) is 11.6 Å². The molecular weight excluding hydrogens is 384 g/mol. The molecule has 0 aliphatic heterocycles. The number of anilines is 1. The Labute approximate surface area is 165 Å². The van der Waals surface area contributed by atoms with Gasteiger partial charge in [0.1, 0.15) is 22.3 Å². The fraction of sp³-hybridized carbons (Fsp3) is 0.316. The predicted molar refractivity (Wildman–Crippen MR) is 105 cm³/mol. The molecule has 0 spiro atoms. The molecule has 148 valence electrons. The van der Waals surface area contributed by atoms with Gasteiger partial charge < -0.3 is 11.1 Å². The van der Waals surface area contributed by atoms with Crippen molar-refractivity contribution in [1.29, 1.82) is 0 Å². The van der Waals surface area contributed by atoms with Crippen LogP contribution in [0.2, 0.25) is 0 Å². The number of nitrogens with one attached hydrogen (secondary N) is 1. The molecule has 0 unspecified atom stereocenters. The van der Waals surface area contributed by atoms with Crippen molar-refractivity contribution in [2.75, 3.05) is 11.9 Å². The maximum absolute atomic E-state index is 14.2. The summed E-state index contributed by atoms with van der Waals surface area (Å²) in [4.78, 5) is 17.8. The number of halogens is 2. The van der Waals surface area contributed by atoms with Crippen LogP contribution in [-0.2, 0) is 12.0 Å². The molecule has 0 radical (unpaired) electrons. The van der Waals surface area contributed by atoms with Crippen molar-refractivity contribution >= 4 is 22.9 Å². The third kappa shape index (κ3) is 4.10. The molecule has 0 atom stereocenters. The molecule has 6 nitrogen and oxygen atoms in total. The summed E-state index contributed by atoms with van der Waals surface area (Å²) in [6.45, 7) is 6.69. The second-order valence-corrected chi connectivity index (χ2v) is 8.28. The summed E-state index contributed by atoms with van der Waals surface area (Å²) >= 11 is 1.11. The van der Waals surface area contributed by atoms with E-state index in [1.165, 1.54) is 24.4 Å². The molecule has 0 fully saturated rings. The normalized spacial score (nSPS) is 11.6. The lowest BCUT2D eigenvalue weighted by Crippen LogP contribution is -2.19. The van der Waals surface area contributed by atoms with Gasteiger partial charge in [-0.15, -0.1) is 11.3 Å². The molecule has 3 rings (SSSR count). The molecule has 0 bridgehead atoms. The van der Waals surface area contributed by atoms with Gasteiger partial charge in [-0.25, -0.2) is 13.8 Å². The molecule has 3 aromatic rings. The van der Waals surface area contributed by atoms with E-state index in [0.29, 0.717) is 23.7 Å². The fourth-order valence-corrected chi connectivity index (χ4v) is 3.83. The zero-order valence-electron chi connectivity index (χ0n) is 15.8. The third-order valence-corrected chi connectivity index (χ3v) is 5.45. The Bertz CT molecular complexity index is 986. The summed E-state index contributed by atoms with van der Waals surface area (Å²) in [5, 5.41) is 6.97. The lowest BCUT2D eigenvalue weighted by molar-refractivity contribution is 0.102. The number of hydrogen-bond donors (Lipinski definition) is 2. The molecule has 1 amide bonds. The smallest absolute Gasteiger partial charge is 0.275 e. The van der Waals surface area contributed by atoms with Gasteiger partial charge in [-0.2, -0.15) is 5.10 Å². The van der Waals surface area contributed by atoms with Gasteiger partial charge in [0, 0.05) is 17.6 Å². The molecule has 0 aliphatic rings. The Morgan fingerprint density at radius 3 is 2.57 bits per heavy atom. The first-order valence-electron chi connectivity index (χ1n) is 8.70. The standard InChI is InChI=1S/C19H21F2N5OS/c1-19(2,3)16-15(17(27)24-11-9-23-26(10-11)8-7-22)25-18(28-16)14-12(20)5-4-6-13(14)21/h4-6,9-10H,7-8,22H2,1-3H3,(H,24,27). The molecule has 2 heterocycles. The number of carbonyl (C=O) groups excluding carboxylic acids is 1. The van der Waals surface area contributed by atoms with Crippen molar-refractivity contribution in [3.63, 3.8) is 0 Å². The van der Waals surface area contributed by atoms with Gasteiger partial charge in [0.25, 0.3) is 5.91 Å². The summed E-state index contributed by atoms with van der Waals surface area (Å²) < 4.78 is 30.0. The fourth-order valence-electron chi connectivity index (χ4n) is 2.66. The van der Waals surface area contributed by atoms with Crippen molar-refractivity contribution in [1.82, 2.24) is 14.8 Å². The van der Waals surface area contributed by atoms with E-state index in [9.17, 15) is 13.6 Å². The predicted octanol–water partition coefficient (Wildman–Crippen LogP) is 3.79. The summed E-state index contributed by atoms with van der Waals surface area (Å²) in [5.74, 6) is -1.90. The number of aromatic nitrogens is 3. The number of rotatable bonds is 5. The Morgan fingerprint density at radius 2 is 1.96 bits per heavy atom. The highest BCUT2D eigenvalue weighted by atomic mass is 32.1. The second-order valence-electron chi connectivity index (χ2n) is 7.28. The average Bonchev–Trinajstić information content (AvgIpc) is 3.22. The minimum atomic E-state index is -0.718. The summed E-state index contributed by atoms with van der Waals surface area (Å²) in [6, 6.07) is 3.63. The van der Waals surface area contributed by atoms with E-state index in [4.69, 9.17) is 5.73 Å². The Hall–Kier alpha value is -2.65. The summed E-state index contributed by atoms with van der Waals surface area (Å²) in [7, 11) is 0. The van der Waals surface area contributed by atoms with Gasteiger partial charge in [-0.1, -0.05) is 26.8 Å². The van der Waals surface area contributed by atoms with Crippen LogP contribution in [-0.4, -0.2) is 27.2 Å². The van der Waals surface area contributed by atoms with Crippen LogP contribution in [0.25, 0.3) is 10.6 Å². The first kappa shape index (κ1) is 20.1. The zero-order valence-corrected chi connectivity index (χ0v) is 16.6. The highest BCUT2D eigenvalue weighted by molar-refractivity contribution is 7.15. The average molecular weight is 405 g/mol. The molecule has 9 heteroatoms. The van der Waals surface area contributed by atoms with Crippen molar-refractivity contribution in [3.8, 4) is 10.6 Å². The van der Waals surface area contributed by atoms with Gasteiger partial charge in [-0.05, 0) is 17.5 Å². The molecular formula is C19H21F2N5OS. The molecule has 0 saturated heterocycles. The number of nitrogens with zero attached hydrogens (tertiary/aromatic N) is 3. The molecule has 3 N–H and O–H groups in total. The Balaban J connectivity index is 1.99. The van der Waals surface area contributed by atoms with Crippen LogP contribution in [0.5, 0.6) is 0 Å². The van der Waals surface area contributed by atoms with Crippen molar-refractivity contribution < 1.29 is 13.6 Å². The van der Waals surface area contributed by atoms with Gasteiger partial charge in [-0.3, -0.25) is 9.48 Å². The highest BCUT2D eigenvalue weighted by Gasteiger charge is 2.29. The van der Waals surface area contributed by atoms with E-state index in [0.717, 1.165) is 11.3 Å². The third-order valence-electron chi connectivity index (χ3n) is 3.95. The van der Waals surface area contributed by atoms with Gasteiger partial charge in [0.15, 0.2) is 0 Å². The number of amides is 1. The van der Waals surface area contributed by atoms with Crippen LogP contribution >= 0.6 is 11.3 Å². The SMILES string of the molecule is CC(C)(C)c1sc(-c2c(F)cccc2F)nc1C(=O)Nc1cnn(CCN)c1. The van der Waals surface area contributed by atoms with Crippen molar-refractivity contribution in [2.45, 2.75) is 32.7 Å². The van der Waals surface area contributed by atoms with Gasteiger partial charge >= 0.3 is 0 Å². The van der Waals surface area contributed by atoms with Crippen LogP contribution in [0.15, 0.2) is 30.6 Å². The second kappa shape index (κ2) is 7.76. The number of benzene rings is 1. The lowest BCUT2D eigenvalue weighted by atomic mass is 9.93. The van der Waals surface area contributed by atoms with E-state index in [1.54, 1.807) is 10.9 Å². The largest absolute Gasteiger partial charge is 0.329 e. The zero-order chi connectivity index (χ0) is 20.5. The molecule has 0 saturated carbocycles. The first-order valence-corrected chi connectivity index (χ1v) is 9.52. The number of hydrogen-bond acceptors (Lipinski definition) is 5. The Kier molecular flexibility index (Phi) is 5.57. The number of thiazole rings is 1. The van der Waals surface area contributed by atoms with Crippen molar-refractivity contribution in [2.24, 2.45) is 5.73 Å². The Morgan fingerprint density at radius 1 is 1.29 bits per heavy atom. The van der Waals surface area contributed by atoms with Crippen LogP contribution in [0.4, 0.5) is 14.5 Å². The van der Waals surface area contributed by atoms with E-state index < -0.39 is 23.0 Å². The molecule has 0 aliphatic carbocycles. The van der Waals surface area contributed by atoms with E-state index >= 15 is 0 Å². The maximum atomic E-state index is 14.2. The topological polar surface area (TPSA) is 85.8 Å². The highest BCUT2D eigenvalue weighted by Crippen LogP contribution is 2.38. The van der Waals surface area contributed by atoms with E-state index in [1.807, 2.05) is 20.8 Å². The quantitative estimate of drug-likeness (QED) is 0.676. The van der Waals surface area contributed by atoms with Gasteiger partial charge in [0.2, 0.25) is 0 Å². The van der Waals surface area contributed by atoms with Crippen molar-refractivity contribution in [3.05, 3.63) is 52.8 Å². The number of nitrogens with two attached hydrogens (primary N) is 1. The molecule has 28 heavy (non-hydrogen) atoms. The first-order chi connectivity index (χ1) is 13.2. The summed E-state index contributed by atoms with van der Waals surface area (Å²) in [6.07, 6.45) is 3.17. The minimum Gasteiger partial charge on any atom is -0.329 e. The molecule has 2 aromatic heterocycles. The monoisotopic (exact) mass is 405 g/mol. The lowest BCUT2D eigenvalue weighted by Gasteiger charge is -2.17.